The maximum atomic E-state index is 12.6. The average Bonchev–Trinajstić information content (AvgIpc) is 3.37. The summed E-state index contributed by atoms with van der Waals surface area (Å²) in [5, 5.41) is 16.5. The highest BCUT2D eigenvalue weighted by atomic mass is 35.5. The Kier molecular flexibility index (Phi) is 5.59. The van der Waals surface area contributed by atoms with Crippen LogP contribution >= 0.6 is 23.4 Å². The first-order chi connectivity index (χ1) is 14.1. The van der Waals surface area contributed by atoms with Crippen molar-refractivity contribution in [3.05, 3.63) is 72.0 Å². The van der Waals surface area contributed by atoms with Crippen molar-refractivity contribution in [3.63, 3.8) is 0 Å². The molecule has 2 heterocycles. The van der Waals surface area contributed by atoms with E-state index in [-0.39, 0.29) is 11.7 Å². The number of nitrogens with one attached hydrogen (secondary N) is 1. The molecule has 29 heavy (non-hydrogen) atoms. The first-order valence-electron chi connectivity index (χ1n) is 8.66. The van der Waals surface area contributed by atoms with Crippen LogP contribution in [0, 0.1) is 6.92 Å². The first-order valence-corrected chi connectivity index (χ1v) is 10.0. The zero-order valence-corrected chi connectivity index (χ0v) is 16.9. The monoisotopic (exact) mass is 425 g/mol. The van der Waals surface area contributed by atoms with Crippen LogP contribution in [0.1, 0.15) is 5.82 Å². The molecule has 0 fully saturated rings. The van der Waals surface area contributed by atoms with Crippen molar-refractivity contribution in [2.75, 3.05) is 11.1 Å². The van der Waals surface area contributed by atoms with Gasteiger partial charge in [-0.3, -0.25) is 9.36 Å². The summed E-state index contributed by atoms with van der Waals surface area (Å²) in [7, 11) is 0. The molecule has 0 bridgehead atoms. The third kappa shape index (κ3) is 4.30. The zero-order chi connectivity index (χ0) is 20.2. The molecule has 0 aliphatic rings. The van der Waals surface area contributed by atoms with E-state index in [0.29, 0.717) is 21.6 Å². The van der Waals surface area contributed by atoms with Gasteiger partial charge in [0.1, 0.15) is 18.5 Å². The van der Waals surface area contributed by atoms with Gasteiger partial charge in [0.05, 0.1) is 17.1 Å². The van der Waals surface area contributed by atoms with Crippen LogP contribution in [0.4, 0.5) is 5.69 Å². The Hall–Kier alpha value is -3.17. The summed E-state index contributed by atoms with van der Waals surface area (Å²) in [6, 6.07) is 15.0. The minimum atomic E-state index is -0.195. The van der Waals surface area contributed by atoms with Crippen molar-refractivity contribution < 1.29 is 4.79 Å². The Morgan fingerprint density at radius 3 is 2.76 bits per heavy atom. The lowest BCUT2D eigenvalue weighted by molar-refractivity contribution is -0.113. The second kappa shape index (κ2) is 8.46. The molecule has 1 N–H and O–H groups in total. The van der Waals surface area contributed by atoms with E-state index in [2.05, 4.69) is 25.6 Å². The van der Waals surface area contributed by atoms with Gasteiger partial charge in [0.15, 0.2) is 5.16 Å². The molecular formula is C19H16ClN7OS. The van der Waals surface area contributed by atoms with E-state index in [1.807, 2.05) is 41.8 Å². The Bertz CT molecular complexity index is 1130. The summed E-state index contributed by atoms with van der Waals surface area (Å²) in [5.41, 5.74) is 2.17. The smallest absolute Gasteiger partial charge is 0.234 e. The fraction of sp³-hybridized carbons (Fsp3) is 0.105. The Morgan fingerprint density at radius 1 is 1.17 bits per heavy atom. The highest BCUT2D eigenvalue weighted by Crippen LogP contribution is 2.25. The van der Waals surface area contributed by atoms with Crippen molar-refractivity contribution in [3.8, 4) is 11.4 Å². The minimum absolute atomic E-state index is 0.161. The summed E-state index contributed by atoms with van der Waals surface area (Å²) >= 11 is 7.41. The number of anilines is 1. The fourth-order valence-electron chi connectivity index (χ4n) is 2.77. The minimum Gasteiger partial charge on any atom is -0.323 e. The van der Waals surface area contributed by atoms with E-state index in [1.54, 1.807) is 29.2 Å². The van der Waals surface area contributed by atoms with Crippen LogP contribution in [0.15, 0.2) is 66.3 Å². The topological polar surface area (TPSA) is 90.5 Å². The summed E-state index contributed by atoms with van der Waals surface area (Å²) in [4.78, 5) is 16.5. The van der Waals surface area contributed by atoms with Crippen molar-refractivity contribution in [1.29, 1.82) is 0 Å². The predicted molar refractivity (Wildman–Crippen MR) is 112 cm³/mol. The molecule has 0 spiro atoms. The van der Waals surface area contributed by atoms with E-state index in [4.69, 9.17) is 11.6 Å². The number of thioether (sulfide) groups is 1. The number of amides is 1. The van der Waals surface area contributed by atoms with E-state index < -0.39 is 0 Å². The number of hydrogen-bond donors (Lipinski definition) is 1. The third-order valence-corrected chi connectivity index (χ3v) is 5.20. The number of halogens is 1. The number of carbonyl (C=O) groups excluding carboxylic acids is 1. The van der Waals surface area contributed by atoms with Gasteiger partial charge in [-0.05, 0) is 37.3 Å². The molecule has 0 aliphatic heterocycles. The largest absolute Gasteiger partial charge is 0.323 e. The molecular weight excluding hydrogens is 410 g/mol. The van der Waals surface area contributed by atoms with Gasteiger partial charge in [0.2, 0.25) is 5.91 Å². The van der Waals surface area contributed by atoms with Gasteiger partial charge in [-0.15, -0.1) is 10.2 Å². The lowest BCUT2D eigenvalue weighted by Crippen LogP contribution is -2.16. The highest BCUT2D eigenvalue weighted by molar-refractivity contribution is 7.99. The van der Waals surface area contributed by atoms with Gasteiger partial charge >= 0.3 is 0 Å². The van der Waals surface area contributed by atoms with Gasteiger partial charge in [-0.25, -0.2) is 9.67 Å². The van der Waals surface area contributed by atoms with Gasteiger partial charge < -0.3 is 5.32 Å². The summed E-state index contributed by atoms with van der Waals surface area (Å²) in [6.07, 6.45) is 2.98. The molecule has 4 aromatic rings. The van der Waals surface area contributed by atoms with Crippen LogP contribution in [0.5, 0.6) is 0 Å². The number of para-hydroxylation sites is 1. The number of benzene rings is 2. The van der Waals surface area contributed by atoms with Crippen LogP contribution in [0.25, 0.3) is 11.4 Å². The number of aryl methyl sites for hydroxylation is 1. The standard InChI is InChI=1S/C19H16ClN7OS/c1-13-24-25-19(27(13)15-5-3-2-4-6-15)29-10-18(28)23-16-9-14(20)7-8-17(16)26-12-21-11-22-26/h2-9,11-12H,10H2,1H3,(H,23,28). The fourth-order valence-corrected chi connectivity index (χ4v) is 3.74. The van der Waals surface area contributed by atoms with Crippen molar-refractivity contribution in [2.24, 2.45) is 0 Å². The predicted octanol–water partition coefficient (Wildman–Crippen LogP) is 3.54. The molecule has 4 rings (SSSR count). The molecule has 0 radical (unpaired) electrons. The zero-order valence-electron chi connectivity index (χ0n) is 15.4. The lowest BCUT2D eigenvalue weighted by Gasteiger charge is -2.11. The van der Waals surface area contributed by atoms with Gasteiger partial charge in [-0.1, -0.05) is 41.6 Å². The summed E-state index contributed by atoms with van der Waals surface area (Å²) in [6.45, 7) is 1.88. The molecule has 0 atom stereocenters. The first kappa shape index (κ1) is 19.2. The van der Waals surface area contributed by atoms with E-state index in [1.165, 1.54) is 18.1 Å². The van der Waals surface area contributed by atoms with Gasteiger partial charge in [-0.2, -0.15) is 5.10 Å². The quantitative estimate of drug-likeness (QED) is 0.475. The molecule has 10 heteroatoms. The Labute approximate surface area is 175 Å². The molecule has 1 amide bonds. The van der Waals surface area contributed by atoms with Crippen LogP contribution in [0.2, 0.25) is 5.02 Å². The van der Waals surface area contributed by atoms with Crippen LogP contribution < -0.4 is 5.32 Å². The second-order valence-corrected chi connectivity index (χ2v) is 7.42. The summed E-state index contributed by atoms with van der Waals surface area (Å²) in [5.74, 6) is 0.718. The molecule has 146 valence electrons. The van der Waals surface area contributed by atoms with Crippen molar-refractivity contribution >= 4 is 35.0 Å². The molecule has 2 aromatic heterocycles. The molecule has 8 nitrogen and oxygen atoms in total. The number of hydrogen-bond acceptors (Lipinski definition) is 6. The average molecular weight is 426 g/mol. The van der Waals surface area contributed by atoms with Crippen LogP contribution in [-0.4, -0.2) is 41.2 Å². The Morgan fingerprint density at radius 2 is 2.00 bits per heavy atom. The van der Waals surface area contributed by atoms with Crippen LogP contribution in [-0.2, 0) is 4.79 Å². The molecule has 0 saturated carbocycles. The highest BCUT2D eigenvalue weighted by Gasteiger charge is 2.15. The summed E-state index contributed by atoms with van der Waals surface area (Å²) < 4.78 is 3.48. The van der Waals surface area contributed by atoms with E-state index in [0.717, 1.165) is 11.5 Å². The molecule has 0 aliphatic carbocycles. The number of aromatic nitrogens is 6. The Balaban J connectivity index is 1.50. The lowest BCUT2D eigenvalue weighted by atomic mass is 10.2. The van der Waals surface area contributed by atoms with Crippen molar-refractivity contribution in [2.45, 2.75) is 12.1 Å². The normalized spacial score (nSPS) is 10.8. The number of rotatable bonds is 6. The molecule has 0 saturated heterocycles. The SMILES string of the molecule is Cc1nnc(SCC(=O)Nc2cc(Cl)ccc2-n2cncn2)n1-c1ccccc1. The van der Waals surface area contributed by atoms with Crippen LogP contribution in [0.3, 0.4) is 0 Å². The third-order valence-electron chi connectivity index (χ3n) is 4.04. The maximum absolute atomic E-state index is 12.6. The molecule has 2 aromatic carbocycles. The molecule has 0 unspecified atom stereocenters. The second-order valence-electron chi connectivity index (χ2n) is 6.04. The maximum Gasteiger partial charge on any atom is 0.234 e. The number of nitrogens with zero attached hydrogens (tertiary/aromatic N) is 6. The van der Waals surface area contributed by atoms with Crippen molar-refractivity contribution in [1.82, 2.24) is 29.5 Å². The van der Waals surface area contributed by atoms with E-state index in [9.17, 15) is 4.79 Å². The van der Waals surface area contributed by atoms with E-state index >= 15 is 0 Å². The van der Waals surface area contributed by atoms with Gasteiger partial charge in [0, 0.05) is 10.7 Å². The number of carbonyl (C=O) groups is 1. The van der Waals surface area contributed by atoms with Gasteiger partial charge in [0.25, 0.3) is 0 Å².